The number of aryl methyl sites for hydroxylation is 1. The molecule has 0 radical (unpaired) electrons. The van der Waals surface area contributed by atoms with Crippen LogP contribution in [0.5, 0.6) is 0 Å². The summed E-state index contributed by atoms with van der Waals surface area (Å²) in [5.74, 6) is 1.58. The highest BCUT2D eigenvalue weighted by molar-refractivity contribution is 6.30. The van der Waals surface area contributed by atoms with E-state index in [9.17, 15) is 4.79 Å². The quantitative estimate of drug-likeness (QED) is 0.683. The normalized spacial score (nSPS) is 14.4. The summed E-state index contributed by atoms with van der Waals surface area (Å²) in [4.78, 5) is 14.4. The van der Waals surface area contributed by atoms with Crippen LogP contribution in [-0.4, -0.2) is 41.7 Å². The minimum atomic E-state index is -0.105. The van der Waals surface area contributed by atoms with E-state index < -0.39 is 0 Å². The number of pyridine rings is 1. The molecule has 0 atom stereocenters. The number of aromatic nitrogens is 5. The van der Waals surface area contributed by atoms with Gasteiger partial charge in [0.15, 0.2) is 11.5 Å². The summed E-state index contributed by atoms with van der Waals surface area (Å²) in [7, 11) is 0. The molecular formula is C14H13ClN6O. The summed E-state index contributed by atoms with van der Waals surface area (Å²) in [6, 6.07) is 5.38. The van der Waals surface area contributed by atoms with Gasteiger partial charge in [0.1, 0.15) is 5.82 Å². The molecule has 0 aromatic carbocycles. The van der Waals surface area contributed by atoms with Crippen LogP contribution in [0.3, 0.4) is 0 Å². The molecule has 3 aromatic rings. The van der Waals surface area contributed by atoms with Gasteiger partial charge in [-0.15, -0.1) is 10.2 Å². The Kier molecular flexibility index (Phi) is 2.90. The third kappa shape index (κ3) is 2.05. The summed E-state index contributed by atoms with van der Waals surface area (Å²) in [6.07, 6.45) is 1.68. The van der Waals surface area contributed by atoms with Crippen LogP contribution in [0.1, 0.15) is 22.1 Å². The average Bonchev–Trinajstić information content (AvgIpc) is 3.09. The number of nitrogens with zero attached hydrogens (tertiary/aromatic N) is 6. The predicted molar refractivity (Wildman–Crippen MR) is 79.7 cm³/mol. The molecule has 0 unspecified atom stereocenters. The molecule has 0 spiro atoms. The molecule has 8 heteroatoms. The van der Waals surface area contributed by atoms with Crippen molar-refractivity contribution < 1.29 is 4.79 Å². The fourth-order valence-electron chi connectivity index (χ4n) is 2.70. The van der Waals surface area contributed by atoms with Gasteiger partial charge in [-0.25, -0.2) is 4.52 Å². The van der Waals surface area contributed by atoms with E-state index in [0.29, 0.717) is 30.4 Å². The molecule has 0 fully saturated rings. The van der Waals surface area contributed by atoms with Crippen molar-refractivity contribution in [3.63, 3.8) is 0 Å². The molecule has 3 aromatic heterocycles. The van der Waals surface area contributed by atoms with E-state index in [4.69, 9.17) is 11.6 Å². The van der Waals surface area contributed by atoms with Crippen molar-refractivity contribution in [2.75, 3.05) is 6.54 Å². The fourth-order valence-corrected chi connectivity index (χ4v) is 2.86. The Morgan fingerprint density at radius 3 is 3.00 bits per heavy atom. The van der Waals surface area contributed by atoms with Crippen LogP contribution in [-0.2, 0) is 13.1 Å². The molecule has 0 saturated carbocycles. The van der Waals surface area contributed by atoms with E-state index in [2.05, 4.69) is 15.3 Å². The number of amides is 1. The SMILES string of the molecule is Cc1nnc2n1CCN(C(=O)c1cc3ccc(Cl)cn3n1)C2. The molecule has 0 aliphatic carbocycles. The van der Waals surface area contributed by atoms with Crippen LogP contribution < -0.4 is 0 Å². The summed E-state index contributed by atoms with van der Waals surface area (Å²) in [5.41, 5.74) is 1.25. The van der Waals surface area contributed by atoms with E-state index in [1.807, 2.05) is 17.6 Å². The van der Waals surface area contributed by atoms with Crippen molar-refractivity contribution >= 4 is 23.0 Å². The van der Waals surface area contributed by atoms with Crippen LogP contribution in [0.4, 0.5) is 0 Å². The van der Waals surface area contributed by atoms with E-state index >= 15 is 0 Å². The maximum atomic E-state index is 12.6. The number of carbonyl (C=O) groups excluding carboxylic acids is 1. The maximum Gasteiger partial charge on any atom is 0.274 e. The third-order valence-corrected chi connectivity index (χ3v) is 4.09. The van der Waals surface area contributed by atoms with Crippen LogP contribution in [0, 0.1) is 6.92 Å². The van der Waals surface area contributed by atoms with Gasteiger partial charge in [0.2, 0.25) is 0 Å². The first-order valence-corrected chi connectivity index (χ1v) is 7.32. The first-order valence-electron chi connectivity index (χ1n) is 6.95. The van der Waals surface area contributed by atoms with Crippen molar-refractivity contribution in [1.29, 1.82) is 0 Å². The smallest absolute Gasteiger partial charge is 0.274 e. The van der Waals surface area contributed by atoms with E-state index in [0.717, 1.165) is 17.2 Å². The van der Waals surface area contributed by atoms with E-state index in [1.165, 1.54) is 0 Å². The molecule has 22 heavy (non-hydrogen) atoms. The number of rotatable bonds is 1. The Hall–Kier alpha value is -2.41. The molecule has 1 amide bonds. The first kappa shape index (κ1) is 13.3. The molecule has 7 nitrogen and oxygen atoms in total. The molecule has 4 heterocycles. The van der Waals surface area contributed by atoms with Gasteiger partial charge in [0.05, 0.1) is 17.1 Å². The summed E-state index contributed by atoms with van der Waals surface area (Å²) >= 11 is 5.94. The topological polar surface area (TPSA) is 68.3 Å². The van der Waals surface area contributed by atoms with Crippen LogP contribution in [0.15, 0.2) is 24.4 Å². The number of halogens is 1. The van der Waals surface area contributed by atoms with E-state index in [-0.39, 0.29) is 5.91 Å². The van der Waals surface area contributed by atoms with Crippen LogP contribution >= 0.6 is 11.6 Å². The Balaban J connectivity index is 1.63. The lowest BCUT2D eigenvalue weighted by Gasteiger charge is -2.26. The van der Waals surface area contributed by atoms with Gasteiger partial charge >= 0.3 is 0 Å². The van der Waals surface area contributed by atoms with Gasteiger partial charge in [-0.05, 0) is 25.1 Å². The zero-order chi connectivity index (χ0) is 15.3. The Labute approximate surface area is 131 Å². The zero-order valence-corrected chi connectivity index (χ0v) is 12.7. The Bertz CT molecular complexity index is 883. The van der Waals surface area contributed by atoms with Crippen LogP contribution in [0.2, 0.25) is 5.02 Å². The minimum absolute atomic E-state index is 0.105. The van der Waals surface area contributed by atoms with Crippen molar-refractivity contribution in [3.05, 3.63) is 46.8 Å². The largest absolute Gasteiger partial charge is 0.328 e. The molecule has 0 saturated heterocycles. The van der Waals surface area contributed by atoms with Crippen molar-refractivity contribution in [2.24, 2.45) is 0 Å². The maximum absolute atomic E-state index is 12.6. The minimum Gasteiger partial charge on any atom is -0.328 e. The standard InChI is InChI=1S/C14H13ClN6O/c1-9-16-17-13-8-19(4-5-20(9)13)14(22)12-6-11-3-2-10(15)7-21(11)18-12/h2-3,6-7H,4-5,8H2,1H3. The number of hydrogen-bond donors (Lipinski definition) is 0. The second-order valence-electron chi connectivity index (χ2n) is 5.29. The highest BCUT2D eigenvalue weighted by Crippen LogP contribution is 2.17. The number of carbonyl (C=O) groups is 1. The molecule has 1 aliphatic rings. The molecule has 1 aliphatic heterocycles. The number of hydrogen-bond acceptors (Lipinski definition) is 4. The third-order valence-electron chi connectivity index (χ3n) is 3.87. The molecule has 0 N–H and O–H groups in total. The lowest BCUT2D eigenvalue weighted by molar-refractivity contribution is 0.0700. The lowest BCUT2D eigenvalue weighted by atomic mass is 10.3. The highest BCUT2D eigenvalue weighted by Gasteiger charge is 2.25. The van der Waals surface area contributed by atoms with Crippen molar-refractivity contribution in [1.82, 2.24) is 29.3 Å². The zero-order valence-electron chi connectivity index (χ0n) is 11.9. The van der Waals surface area contributed by atoms with Gasteiger partial charge in [0.25, 0.3) is 5.91 Å². The summed E-state index contributed by atoms with van der Waals surface area (Å²) in [5, 5.41) is 13.1. The molecule has 4 rings (SSSR count). The second kappa shape index (κ2) is 4.81. The van der Waals surface area contributed by atoms with Gasteiger partial charge in [-0.1, -0.05) is 11.6 Å². The molecule has 112 valence electrons. The average molecular weight is 317 g/mol. The lowest BCUT2D eigenvalue weighted by Crippen LogP contribution is -2.38. The number of fused-ring (bicyclic) bond motifs is 2. The first-order chi connectivity index (χ1) is 10.6. The molecular weight excluding hydrogens is 304 g/mol. The van der Waals surface area contributed by atoms with Gasteiger partial charge in [0, 0.05) is 19.3 Å². The van der Waals surface area contributed by atoms with Gasteiger partial charge in [-0.3, -0.25) is 4.79 Å². The Morgan fingerprint density at radius 1 is 1.27 bits per heavy atom. The van der Waals surface area contributed by atoms with Gasteiger partial charge < -0.3 is 9.47 Å². The second-order valence-corrected chi connectivity index (χ2v) is 5.72. The van der Waals surface area contributed by atoms with Crippen LogP contribution in [0.25, 0.3) is 5.52 Å². The van der Waals surface area contributed by atoms with E-state index in [1.54, 1.807) is 27.7 Å². The van der Waals surface area contributed by atoms with Crippen molar-refractivity contribution in [2.45, 2.75) is 20.0 Å². The van der Waals surface area contributed by atoms with Gasteiger partial charge in [-0.2, -0.15) is 5.10 Å². The molecule has 0 bridgehead atoms. The highest BCUT2D eigenvalue weighted by atomic mass is 35.5. The van der Waals surface area contributed by atoms with Crippen molar-refractivity contribution in [3.8, 4) is 0 Å². The summed E-state index contributed by atoms with van der Waals surface area (Å²) in [6.45, 7) is 3.70. The summed E-state index contributed by atoms with van der Waals surface area (Å²) < 4.78 is 3.65. The monoisotopic (exact) mass is 316 g/mol. The predicted octanol–water partition coefficient (Wildman–Crippen LogP) is 1.54. The fraction of sp³-hybridized carbons (Fsp3) is 0.286. The Morgan fingerprint density at radius 2 is 2.14 bits per heavy atom.